The molecule has 0 atom stereocenters. The quantitative estimate of drug-likeness (QED) is 0.545. The fourth-order valence-corrected chi connectivity index (χ4v) is 3.14. The van der Waals surface area contributed by atoms with Gasteiger partial charge in [-0.1, -0.05) is 41.4 Å². The highest BCUT2D eigenvalue weighted by Gasteiger charge is 2.19. The van der Waals surface area contributed by atoms with E-state index in [1.54, 1.807) is 49.5 Å². The van der Waals surface area contributed by atoms with Crippen molar-refractivity contribution < 1.29 is 9.90 Å². The second kappa shape index (κ2) is 6.75. The Hall–Kier alpha value is -2.56. The van der Waals surface area contributed by atoms with E-state index >= 15 is 0 Å². The lowest BCUT2D eigenvalue weighted by molar-refractivity contribution is 0.104. The molecule has 0 amide bonds. The Bertz CT molecular complexity index is 1060. The summed E-state index contributed by atoms with van der Waals surface area (Å²) in [6, 6.07) is 11.8. The number of benzene rings is 2. The summed E-state index contributed by atoms with van der Waals surface area (Å²) in [5.74, 6) is -0.960. The van der Waals surface area contributed by atoms with Crippen molar-refractivity contribution in [1.29, 1.82) is 0 Å². The predicted octanol–water partition coefficient (Wildman–Crippen LogP) is 4.45. The number of aromatic hydroxyl groups is 1. The van der Waals surface area contributed by atoms with Gasteiger partial charge in [-0.3, -0.25) is 9.59 Å². The number of halogens is 2. The summed E-state index contributed by atoms with van der Waals surface area (Å²) in [6.07, 6.45) is 2.61. The standard InChI is InChI=1S/C19H13Cl2NO3/c1-22-15-8-3-2-5-12(15)18(24)17(19(22)25)16(23)10-9-11-13(20)6-4-7-14(11)21/h2-10,24H,1H3. The highest BCUT2D eigenvalue weighted by molar-refractivity contribution is 6.37. The summed E-state index contributed by atoms with van der Waals surface area (Å²) in [6.45, 7) is 0. The average molecular weight is 374 g/mol. The topological polar surface area (TPSA) is 59.3 Å². The van der Waals surface area contributed by atoms with Crippen molar-refractivity contribution in [2.24, 2.45) is 7.05 Å². The highest BCUT2D eigenvalue weighted by Crippen LogP contribution is 2.28. The Morgan fingerprint density at radius 3 is 2.40 bits per heavy atom. The van der Waals surface area contributed by atoms with Crippen LogP contribution in [-0.2, 0) is 7.05 Å². The first-order chi connectivity index (χ1) is 11.9. The monoisotopic (exact) mass is 373 g/mol. The van der Waals surface area contributed by atoms with Crippen molar-refractivity contribution in [2.45, 2.75) is 0 Å². The minimum atomic E-state index is -0.625. The van der Waals surface area contributed by atoms with E-state index in [0.29, 0.717) is 26.5 Å². The second-order valence-electron chi connectivity index (χ2n) is 5.44. The number of aryl methyl sites for hydroxylation is 1. The zero-order valence-electron chi connectivity index (χ0n) is 13.2. The van der Waals surface area contributed by atoms with E-state index in [0.717, 1.165) is 0 Å². The van der Waals surface area contributed by atoms with Crippen molar-refractivity contribution in [3.05, 3.63) is 80.1 Å². The number of rotatable bonds is 3. The van der Waals surface area contributed by atoms with Crippen LogP contribution in [0, 0.1) is 0 Å². The van der Waals surface area contributed by atoms with Gasteiger partial charge in [0.25, 0.3) is 5.56 Å². The van der Waals surface area contributed by atoms with Gasteiger partial charge in [-0.25, -0.2) is 0 Å². The average Bonchev–Trinajstić information content (AvgIpc) is 2.59. The zero-order chi connectivity index (χ0) is 18.1. The highest BCUT2D eigenvalue weighted by atomic mass is 35.5. The Labute approximate surface area is 153 Å². The fraction of sp³-hybridized carbons (Fsp3) is 0.0526. The van der Waals surface area contributed by atoms with Gasteiger partial charge in [-0.05, 0) is 36.4 Å². The maximum Gasteiger partial charge on any atom is 0.265 e. The number of fused-ring (bicyclic) bond motifs is 1. The van der Waals surface area contributed by atoms with Gasteiger partial charge in [0, 0.05) is 28.0 Å². The van der Waals surface area contributed by atoms with Gasteiger partial charge in [0.15, 0.2) is 5.78 Å². The minimum absolute atomic E-state index is 0.291. The number of hydrogen-bond donors (Lipinski definition) is 1. The summed E-state index contributed by atoms with van der Waals surface area (Å²) in [4.78, 5) is 25.0. The first-order valence-electron chi connectivity index (χ1n) is 7.39. The molecule has 3 aromatic rings. The van der Waals surface area contributed by atoms with E-state index in [9.17, 15) is 14.7 Å². The van der Waals surface area contributed by atoms with E-state index in [1.165, 1.54) is 16.7 Å². The molecule has 0 aliphatic rings. The van der Waals surface area contributed by atoms with Crippen molar-refractivity contribution in [1.82, 2.24) is 4.57 Å². The molecule has 0 unspecified atom stereocenters. The molecule has 1 aromatic heterocycles. The van der Waals surface area contributed by atoms with Crippen molar-refractivity contribution in [3.63, 3.8) is 0 Å². The molecule has 0 aliphatic heterocycles. The molecule has 4 nitrogen and oxygen atoms in total. The van der Waals surface area contributed by atoms with Crippen LogP contribution in [0.1, 0.15) is 15.9 Å². The van der Waals surface area contributed by atoms with Crippen LogP contribution in [-0.4, -0.2) is 15.5 Å². The number of aromatic nitrogens is 1. The summed E-state index contributed by atoms with van der Waals surface area (Å²) < 4.78 is 1.33. The Kier molecular flexibility index (Phi) is 4.66. The largest absolute Gasteiger partial charge is 0.506 e. The fourth-order valence-electron chi connectivity index (χ4n) is 2.61. The van der Waals surface area contributed by atoms with Gasteiger partial charge in [0.05, 0.1) is 5.52 Å². The van der Waals surface area contributed by atoms with Crippen LogP contribution in [0.5, 0.6) is 5.75 Å². The van der Waals surface area contributed by atoms with Crippen LogP contribution < -0.4 is 5.56 Å². The first kappa shape index (κ1) is 17.3. The molecule has 0 fully saturated rings. The molecule has 126 valence electrons. The lowest BCUT2D eigenvalue weighted by Gasteiger charge is -2.10. The van der Waals surface area contributed by atoms with Gasteiger partial charge in [-0.15, -0.1) is 0 Å². The number of hydrogen-bond acceptors (Lipinski definition) is 3. The Morgan fingerprint density at radius 1 is 1.08 bits per heavy atom. The van der Waals surface area contributed by atoms with E-state index in [1.807, 2.05) is 0 Å². The number of allylic oxidation sites excluding steroid dienone is 1. The third kappa shape index (κ3) is 3.06. The molecule has 0 bridgehead atoms. The van der Waals surface area contributed by atoms with E-state index in [-0.39, 0.29) is 11.3 Å². The molecule has 1 heterocycles. The number of nitrogens with zero attached hydrogens (tertiary/aromatic N) is 1. The molecule has 3 rings (SSSR count). The number of ketones is 1. The molecule has 6 heteroatoms. The van der Waals surface area contributed by atoms with Crippen LogP contribution in [0.15, 0.2) is 53.3 Å². The molecular weight excluding hydrogens is 361 g/mol. The summed E-state index contributed by atoms with van der Waals surface area (Å²) in [5, 5.41) is 11.6. The molecule has 0 spiro atoms. The summed E-state index contributed by atoms with van der Waals surface area (Å²) >= 11 is 12.1. The molecule has 0 saturated heterocycles. The van der Waals surface area contributed by atoms with E-state index in [2.05, 4.69) is 0 Å². The molecule has 0 aliphatic carbocycles. The normalized spacial score (nSPS) is 11.3. The number of carbonyl (C=O) groups excluding carboxylic acids is 1. The van der Waals surface area contributed by atoms with Crippen LogP contribution in [0.4, 0.5) is 0 Å². The Balaban J connectivity index is 2.12. The third-order valence-corrected chi connectivity index (χ3v) is 4.58. The summed E-state index contributed by atoms with van der Waals surface area (Å²) in [7, 11) is 1.55. The lowest BCUT2D eigenvalue weighted by atomic mass is 10.1. The molecule has 0 radical (unpaired) electrons. The van der Waals surface area contributed by atoms with Gasteiger partial charge in [0.2, 0.25) is 0 Å². The number of para-hydroxylation sites is 1. The predicted molar refractivity (Wildman–Crippen MR) is 101 cm³/mol. The maximum atomic E-state index is 12.5. The molecular formula is C19H13Cl2NO3. The van der Waals surface area contributed by atoms with Crippen LogP contribution in [0.25, 0.3) is 17.0 Å². The van der Waals surface area contributed by atoms with Crippen molar-refractivity contribution in [3.8, 4) is 5.75 Å². The van der Waals surface area contributed by atoms with Crippen molar-refractivity contribution in [2.75, 3.05) is 0 Å². The van der Waals surface area contributed by atoms with Gasteiger partial charge in [0.1, 0.15) is 11.3 Å². The minimum Gasteiger partial charge on any atom is -0.506 e. The lowest BCUT2D eigenvalue weighted by Crippen LogP contribution is -2.24. The van der Waals surface area contributed by atoms with E-state index in [4.69, 9.17) is 23.2 Å². The summed E-state index contributed by atoms with van der Waals surface area (Å²) in [5.41, 5.74) is 0.146. The van der Waals surface area contributed by atoms with Crippen LogP contribution in [0.2, 0.25) is 10.0 Å². The smallest absolute Gasteiger partial charge is 0.265 e. The Morgan fingerprint density at radius 2 is 1.72 bits per heavy atom. The molecule has 25 heavy (non-hydrogen) atoms. The number of pyridine rings is 1. The SMILES string of the molecule is Cn1c(=O)c(C(=O)C=Cc2c(Cl)cccc2Cl)c(O)c2ccccc21. The molecule has 1 N–H and O–H groups in total. The van der Waals surface area contributed by atoms with E-state index < -0.39 is 11.3 Å². The first-order valence-corrected chi connectivity index (χ1v) is 8.14. The van der Waals surface area contributed by atoms with Gasteiger partial charge >= 0.3 is 0 Å². The zero-order valence-corrected chi connectivity index (χ0v) is 14.7. The molecule has 2 aromatic carbocycles. The third-order valence-electron chi connectivity index (χ3n) is 3.92. The van der Waals surface area contributed by atoms with Gasteiger partial charge < -0.3 is 9.67 Å². The van der Waals surface area contributed by atoms with Crippen molar-refractivity contribution >= 4 is 46.0 Å². The van der Waals surface area contributed by atoms with Crippen LogP contribution >= 0.6 is 23.2 Å². The van der Waals surface area contributed by atoms with Crippen LogP contribution in [0.3, 0.4) is 0 Å². The maximum absolute atomic E-state index is 12.5. The number of carbonyl (C=O) groups is 1. The van der Waals surface area contributed by atoms with Gasteiger partial charge in [-0.2, -0.15) is 0 Å². The molecule has 0 saturated carbocycles. The second-order valence-corrected chi connectivity index (χ2v) is 6.25.